The minimum absolute atomic E-state index is 0.689. The zero-order valence-corrected chi connectivity index (χ0v) is 14.3. The summed E-state index contributed by atoms with van der Waals surface area (Å²) in [4.78, 5) is 15.3. The fourth-order valence-corrected chi connectivity index (χ4v) is 3.67. The van der Waals surface area contributed by atoms with Crippen molar-refractivity contribution in [3.05, 3.63) is 65.3 Å². The molecule has 24 heavy (non-hydrogen) atoms. The molecule has 0 spiro atoms. The van der Waals surface area contributed by atoms with Gasteiger partial charge in [-0.05, 0) is 31.5 Å². The number of nitrogens with one attached hydrogen (secondary N) is 1. The Kier molecular flexibility index (Phi) is 3.74. The lowest BCUT2D eigenvalue weighted by Crippen LogP contribution is -2.07. The van der Waals surface area contributed by atoms with Crippen LogP contribution < -0.4 is 5.32 Å². The quantitative estimate of drug-likeness (QED) is 0.610. The number of aromatic nitrogens is 4. The number of rotatable bonds is 4. The molecule has 0 saturated carbocycles. The van der Waals surface area contributed by atoms with Crippen LogP contribution in [0.2, 0.25) is 0 Å². The van der Waals surface area contributed by atoms with Crippen molar-refractivity contribution in [1.29, 1.82) is 0 Å². The lowest BCUT2D eigenvalue weighted by molar-refractivity contribution is 0.947. The molecule has 0 amide bonds. The molecule has 1 N–H and O–H groups in total. The van der Waals surface area contributed by atoms with E-state index < -0.39 is 0 Å². The smallest absolute Gasteiger partial charge is 0.138 e. The molecule has 5 nitrogen and oxygen atoms in total. The van der Waals surface area contributed by atoms with Crippen molar-refractivity contribution in [3.63, 3.8) is 0 Å². The highest BCUT2D eigenvalue weighted by atomic mass is 32.1. The van der Waals surface area contributed by atoms with E-state index in [2.05, 4.69) is 56.0 Å². The molecule has 120 valence electrons. The number of nitrogens with zero attached hydrogens (tertiary/aromatic N) is 4. The molecule has 0 aliphatic heterocycles. The van der Waals surface area contributed by atoms with Gasteiger partial charge in [0.05, 0.1) is 11.1 Å². The van der Waals surface area contributed by atoms with E-state index in [4.69, 9.17) is 0 Å². The van der Waals surface area contributed by atoms with E-state index in [-0.39, 0.29) is 0 Å². The van der Waals surface area contributed by atoms with E-state index in [0.29, 0.717) is 6.54 Å². The van der Waals surface area contributed by atoms with Crippen LogP contribution in [-0.4, -0.2) is 19.5 Å². The number of hydrogen-bond acceptors (Lipinski definition) is 5. The molecule has 4 aromatic rings. The Morgan fingerprint density at radius 3 is 2.83 bits per heavy atom. The lowest BCUT2D eigenvalue weighted by atomic mass is 10.1. The molecule has 4 rings (SSSR count). The number of anilines is 1. The number of imidazole rings is 1. The van der Waals surface area contributed by atoms with Gasteiger partial charge in [0.15, 0.2) is 0 Å². The van der Waals surface area contributed by atoms with Crippen LogP contribution in [0.1, 0.15) is 16.3 Å². The summed E-state index contributed by atoms with van der Waals surface area (Å²) in [5.74, 6) is 1.85. The van der Waals surface area contributed by atoms with Crippen molar-refractivity contribution < 1.29 is 0 Å². The molecule has 1 aromatic carbocycles. The Balaban J connectivity index is 1.66. The van der Waals surface area contributed by atoms with E-state index in [0.717, 1.165) is 27.5 Å². The largest absolute Gasteiger partial charge is 0.365 e. The van der Waals surface area contributed by atoms with Crippen LogP contribution in [0.3, 0.4) is 0 Å². The highest BCUT2D eigenvalue weighted by Crippen LogP contribution is 2.28. The minimum atomic E-state index is 0.689. The first-order valence-corrected chi connectivity index (χ1v) is 8.57. The first kappa shape index (κ1) is 14.8. The summed E-state index contributed by atoms with van der Waals surface area (Å²) in [6.45, 7) is 4.79. The maximum atomic E-state index is 4.41. The van der Waals surface area contributed by atoms with Gasteiger partial charge in [-0.3, -0.25) is 0 Å². The van der Waals surface area contributed by atoms with Crippen molar-refractivity contribution in [2.75, 3.05) is 5.32 Å². The Bertz CT molecular complexity index is 1000. The van der Waals surface area contributed by atoms with Crippen LogP contribution in [0.25, 0.3) is 15.9 Å². The molecule has 3 aromatic heterocycles. The highest BCUT2D eigenvalue weighted by Gasteiger charge is 2.09. The number of fused-ring (bicyclic) bond motifs is 1. The van der Waals surface area contributed by atoms with Gasteiger partial charge in [-0.25, -0.2) is 15.0 Å². The SMILES string of the molecule is Cc1cc2c(NCc3ccccc3-n3ccnc3C)ncnc2s1. The third kappa shape index (κ3) is 2.65. The molecule has 6 heteroatoms. The molecule has 0 atom stereocenters. The predicted octanol–water partition coefficient (Wildman–Crippen LogP) is 4.11. The van der Waals surface area contributed by atoms with Gasteiger partial charge >= 0.3 is 0 Å². The molecule has 0 aliphatic rings. The summed E-state index contributed by atoms with van der Waals surface area (Å²) >= 11 is 1.69. The molecule has 0 fully saturated rings. The summed E-state index contributed by atoms with van der Waals surface area (Å²) in [5.41, 5.74) is 2.32. The Morgan fingerprint density at radius 2 is 2.00 bits per heavy atom. The number of aryl methyl sites for hydroxylation is 2. The van der Waals surface area contributed by atoms with Gasteiger partial charge in [0.25, 0.3) is 0 Å². The van der Waals surface area contributed by atoms with Crippen LogP contribution in [-0.2, 0) is 6.54 Å². The first-order chi connectivity index (χ1) is 11.7. The second-order valence-corrected chi connectivity index (χ2v) is 6.86. The maximum absolute atomic E-state index is 4.41. The van der Waals surface area contributed by atoms with Crippen LogP contribution in [0, 0.1) is 13.8 Å². The molecule has 0 bridgehead atoms. The summed E-state index contributed by atoms with van der Waals surface area (Å²) < 4.78 is 2.10. The van der Waals surface area contributed by atoms with E-state index in [1.165, 1.54) is 10.4 Å². The number of hydrogen-bond donors (Lipinski definition) is 1. The zero-order valence-electron chi connectivity index (χ0n) is 13.5. The fraction of sp³-hybridized carbons (Fsp3) is 0.167. The van der Waals surface area contributed by atoms with Gasteiger partial charge in [-0.1, -0.05) is 18.2 Å². The monoisotopic (exact) mass is 335 g/mol. The topological polar surface area (TPSA) is 55.6 Å². The van der Waals surface area contributed by atoms with Crippen molar-refractivity contribution in [2.45, 2.75) is 20.4 Å². The molecular weight excluding hydrogens is 318 g/mol. The predicted molar refractivity (Wildman–Crippen MR) is 97.8 cm³/mol. The van der Waals surface area contributed by atoms with Gasteiger partial charge in [0.1, 0.15) is 22.8 Å². The number of thiophene rings is 1. The summed E-state index contributed by atoms with van der Waals surface area (Å²) in [6, 6.07) is 10.5. The van der Waals surface area contributed by atoms with Gasteiger partial charge < -0.3 is 9.88 Å². The van der Waals surface area contributed by atoms with Gasteiger partial charge in [0.2, 0.25) is 0 Å². The fourth-order valence-electron chi connectivity index (χ4n) is 2.82. The summed E-state index contributed by atoms with van der Waals surface area (Å²) in [7, 11) is 0. The van der Waals surface area contributed by atoms with E-state index in [1.807, 2.05) is 25.4 Å². The van der Waals surface area contributed by atoms with Crippen molar-refractivity contribution in [3.8, 4) is 5.69 Å². The van der Waals surface area contributed by atoms with Crippen LogP contribution in [0.4, 0.5) is 5.82 Å². The van der Waals surface area contributed by atoms with E-state index >= 15 is 0 Å². The second kappa shape index (κ2) is 6.05. The Morgan fingerprint density at radius 1 is 1.12 bits per heavy atom. The standard InChI is InChI=1S/C18H17N5S/c1-12-9-15-17(21-11-22-18(15)24-12)20-10-14-5-3-4-6-16(14)23-8-7-19-13(23)2/h3-9,11H,10H2,1-2H3,(H,20,21,22). The normalized spacial score (nSPS) is 11.1. The number of para-hydroxylation sites is 1. The first-order valence-electron chi connectivity index (χ1n) is 7.75. The van der Waals surface area contributed by atoms with Crippen molar-refractivity contribution in [1.82, 2.24) is 19.5 Å². The third-order valence-electron chi connectivity index (χ3n) is 3.98. The molecule has 0 radical (unpaired) electrons. The molecule has 0 unspecified atom stereocenters. The zero-order chi connectivity index (χ0) is 16.5. The molecule has 0 aliphatic carbocycles. The van der Waals surface area contributed by atoms with Crippen LogP contribution in [0.15, 0.2) is 49.1 Å². The highest BCUT2D eigenvalue weighted by molar-refractivity contribution is 7.18. The third-order valence-corrected chi connectivity index (χ3v) is 4.93. The summed E-state index contributed by atoms with van der Waals surface area (Å²) in [5, 5.41) is 4.54. The number of benzene rings is 1. The van der Waals surface area contributed by atoms with Crippen molar-refractivity contribution >= 4 is 27.4 Å². The van der Waals surface area contributed by atoms with Gasteiger partial charge in [-0.15, -0.1) is 11.3 Å². The van der Waals surface area contributed by atoms with Crippen LogP contribution >= 0.6 is 11.3 Å². The van der Waals surface area contributed by atoms with E-state index in [9.17, 15) is 0 Å². The van der Waals surface area contributed by atoms with E-state index in [1.54, 1.807) is 17.7 Å². The molecular formula is C18H17N5S. The van der Waals surface area contributed by atoms with Crippen LogP contribution in [0.5, 0.6) is 0 Å². The van der Waals surface area contributed by atoms with Gasteiger partial charge in [-0.2, -0.15) is 0 Å². The average Bonchev–Trinajstić information content (AvgIpc) is 3.18. The lowest BCUT2D eigenvalue weighted by Gasteiger charge is -2.13. The Hall–Kier alpha value is -2.73. The van der Waals surface area contributed by atoms with Crippen molar-refractivity contribution in [2.24, 2.45) is 0 Å². The Labute approximate surface area is 144 Å². The molecule has 3 heterocycles. The second-order valence-electron chi connectivity index (χ2n) is 5.62. The van der Waals surface area contributed by atoms with Gasteiger partial charge in [0, 0.05) is 23.8 Å². The maximum Gasteiger partial charge on any atom is 0.138 e. The molecule has 0 saturated heterocycles. The average molecular weight is 335 g/mol. The summed E-state index contributed by atoms with van der Waals surface area (Å²) in [6.07, 6.45) is 5.42. The minimum Gasteiger partial charge on any atom is -0.365 e.